The van der Waals surface area contributed by atoms with Crippen molar-refractivity contribution in [2.45, 2.75) is 109 Å². The first-order valence-electron chi connectivity index (χ1n) is 18.7. The van der Waals surface area contributed by atoms with Crippen LogP contribution in [-0.2, 0) is 27.2 Å². The predicted octanol–water partition coefficient (Wildman–Crippen LogP) is 10.1. The molecule has 3 fully saturated rings. The smallest absolute Gasteiger partial charge is 0.410 e. The van der Waals surface area contributed by atoms with Gasteiger partial charge in [0.05, 0.1) is 16.0 Å². The second kappa shape index (κ2) is 17.1. The molecule has 1 aliphatic carbocycles. The Balaban J connectivity index is 1.22. The van der Waals surface area contributed by atoms with Crippen molar-refractivity contribution in [3.63, 3.8) is 0 Å². The van der Waals surface area contributed by atoms with Crippen LogP contribution in [0.4, 0.5) is 4.79 Å². The number of carbonyl (C=O) groups excluding carboxylic acids is 2. The van der Waals surface area contributed by atoms with Gasteiger partial charge < -0.3 is 28.7 Å². The molecule has 1 saturated carbocycles. The van der Waals surface area contributed by atoms with Crippen LogP contribution in [0.15, 0.2) is 54.6 Å². The average Bonchev–Trinajstić information content (AvgIpc) is 3.89. The quantitative estimate of drug-likeness (QED) is 0.152. The molecule has 2 saturated heterocycles. The molecule has 8 nitrogen and oxygen atoms in total. The first-order chi connectivity index (χ1) is 25.3. The molecule has 11 heteroatoms. The molecule has 3 aromatic rings. The molecular weight excluding hydrogens is 735 g/mol. The molecule has 0 spiro atoms. The topological polar surface area (TPSA) is 77.5 Å². The highest BCUT2D eigenvalue weighted by atomic mass is 35.5. The highest BCUT2D eigenvalue weighted by Crippen LogP contribution is 2.49. The lowest BCUT2D eigenvalue weighted by Crippen LogP contribution is -2.56. The number of piperidine rings is 1. The van der Waals surface area contributed by atoms with Gasteiger partial charge in [-0.25, -0.2) is 4.79 Å². The Morgan fingerprint density at radius 1 is 0.868 bits per heavy atom. The van der Waals surface area contributed by atoms with E-state index in [1.54, 1.807) is 7.11 Å². The van der Waals surface area contributed by atoms with Gasteiger partial charge in [-0.15, -0.1) is 0 Å². The van der Waals surface area contributed by atoms with E-state index in [9.17, 15) is 4.79 Å². The number of nitrogens with zero attached hydrogens (tertiary/aromatic N) is 2. The molecule has 286 valence electrons. The first kappa shape index (κ1) is 39.5. The molecule has 2 aliphatic heterocycles. The normalized spacial score (nSPS) is 21.0. The van der Waals surface area contributed by atoms with E-state index in [2.05, 4.69) is 24.3 Å². The molecule has 4 atom stereocenters. The van der Waals surface area contributed by atoms with E-state index >= 15 is 4.79 Å². The Bertz CT molecular complexity index is 1740. The van der Waals surface area contributed by atoms with Crippen LogP contribution < -0.4 is 9.47 Å². The molecule has 2 amide bonds. The molecule has 3 unspecified atom stereocenters. The zero-order valence-electron chi connectivity index (χ0n) is 31.3. The van der Waals surface area contributed by atoms with Crippen LogP contribution in [0, 0.1) is 12.8 Å². The van der Waals surface area contributed by atoms with Gasteiger partial charge in [0.15, 0.2) is 5.75 Å². The maximum atomic E-state index is 15.1. The molecule has 0 N–H and O–H groups in total. The lowest BCUT2D eigenvalue weighted by molar-refractivity contribution is -0.141. The fraction of sp³-hybridized carbons (Fsp3) is 0.524. The lowest BCUT2D eigenvalue weighted by Gasteiger charge is -2.45. The minimum atomic E-state index is -0.641. The number of fused-ring (bicyclic) bond motifs is 2. The van der Waals surface area contributed by atoms with E-state index in [0.717, 1.165) is 55.2 Å². The van der Waals surface area contributed by atoms with Crippen molar-refractivity contribution >= 4 is 46.8 Å². The van der Waals surface area contributed by atoms with Crippen LogP contribution in [0.25, 0.3) is 0 Å². The third-order valence-electron chi connectivity index (χ3n) is 10.4. The Morgan fingerprint density at radius 3 is 2.23 bits per heavy atom. The summed E-state index contributed by atoms with van der Waals surface area (Å²) >= 11 is 19.4. The lowest BCUT2D eigenvalue weighted by atomic mass is 9.75. The number of amides is 2. The summed E-state index contributed by atoms with van der Waals surface area (Å²) in [4.78, 5) is 32.7. The highest BCUT2D eigenvalue weighted by Gasteiger charge is 2.55. The van der Waals surface area contributed by atoms with Gasteiger partial charge in [0.1, 0.15) is 24.6 Å². The van der Waals surface area contributed by atoms with Gasteiger partial charge in [-0.05, 0) is 131 Å². The summed E-state index contributed by atoms with van der Waals surface area (Å²) in [6, 6.07) is 17.6. The van der Waals surface area contributed by atoms with E-state index in [1.165, 1.54) is 5.56 Å². The zero-order valence-corrected chi connectivity index (χ0v) is 33.6. The highest BCUT2D eigenvalue weighted by molar-refractivity contribution is 6.37. The zero-order chi connectivity index (χ0) is 37.9. The summed E-state index contributed by atoms with van der Waals surface area (Å²) in [6.45, 7) is 9.25. The van der Waals surface area contributed by atoms with Gasteiger partial charge in [0.2, 0.25) is 5.91 Å². The standard InChI is InChI=1S/C42H51Cl3N2O6/c1-26-21-35(44)39(36(45)22-26)52-20-19-51-32-14-9-28(10-15-32)33-24-31-13-17-37(47(31)41(49)53-42(2,3)4)38(33)40(48)46(30-11-12-30)25-29-23-27(7-6-18-50-5)8-16-34(29)43/h8-10,14-16,21-23,30-31,33,37-38H,6-7,11-13,17-20,24-25H2,1-5H3/t31-,33?,37?,38?/m0/s1. The van der Waals surface area contributed by atoms with Gasteiger partial charge in [-0.1, -0.05) is 59.1 Å². The van der Waals surface area contributed by atoms with Crippen LogP contribution in [0.5, 0.6) is 11.5 Å². The average molecular weight is 786 g/mol. The molecule has 0 aromatic heterocycles. The Hall–Kier alpha value is -3.17. The summed E-state index contributed by atoms with van der Waals surface area (Å²) in [5, 5.41) is 1.58. The largest absolute Gasteiger partial charge is 0.490 e. The molecular formula is C42H51Cl3N2O6. The minimum absolute atomic E-state index is 0.00926. The van der Waals surface area contributed by atoms with Crippen LogP contribution >= 0.6 is 34.8 Å². The molecule has 53 heavy (non-hydrogen) atoms. The van der Waals surface area contributed by atoms with Crippen molar-refractivity contribution < 1.29 is 28.5 Å². The van der Waals surface area contributed by atoms with Crippen molar-refractivity contribution in [1.29, 1.82) is 0 Å². The van der Waals surface area contributed by atoms with Crippen molar-refractivity contribution in [2.24, 2.45) is 5.92 Å². The monoisotopic (exact) mass is 784 g/mol. The number of rotatable bonds is 14. The van der Waals surface area contributed by atoms with Gasteiger partial charge in [0.25, 0.3) is 0 Å². The summed E-state index contributed by atoms with van der Waals surface area (Å²) in [5.41, 5.74) is 3.49. The maximum Gasteiger partial charge on any atom is 0.410 e. The summed E-state index contributed by atoms with van der Waals surface area (Å²) in [6.07, 6.45) is 5.60. The maximum absolute atomic E-state index is 15.1. The number of carbonyl (C=O) groups is 2. The number of hydrogen-bond donors (Lipinski definition) is 0. The fourth-order valence-corrected chi connectivity index (χ4v) is 8.78. The fourth-order valence-electron chi connectivity index (χ4n) is 7.90. The summed E-state index contributed by atoms with van der Waals surface area (Å²) < 4.78 is 23.0. The van der Waals surface area contributed by atoms with Crippen molar-refractivity contribution in [3.05, 3.63) is 91.9 Å². The molecule has 6 rings (SSSR count). The van der Waals surface area contributed by atoms with E-state index in [4.69, 9.17) is 53.8 Å². The molecule has 0 radical (unpaired) electrons. The predicted molar refractivity (Wildman–Crippen MR) is 210 cm³/mol. The summed E-state index contributed by atoms with van der Waals surface area (Å²) in [7, 11) is 1.71. The van der Waals surface area contributed by atoms with E-state index in [1.807, 2.05) is 67.8 Å². The summed E-state index contributed by atoms with van der Waals surface area (Å²) in [5.74, 6) is 0.685. The number of benzene rings is 3. The van der Waals surface area contributed by atoms with Crippen molar-refractivity contribution in [2.75, 3.05) is 26.9 Å². The van der Waals surface area contributed by atoms with Crippen LogP contribution in [0.2, 0.25) is 15.1 Å². The Labute approximate surface area is 328 Å². The molecule has 3 aromatic carbocycles. The molecule has 2 bridgehead atoms. The first-order valence-corrected chi connectivity index (χ1v) is 19.9. The Morgan fingerprint density at radius 2 is 1.57 bits per heavy atom. The van der Waals surface area contributed by atoms with Gasteiger partial charge >= 0.3 is 6.09 Å². The molecule has 2 heterocycles. The number of ether oxygens (including phenoxy) is 4. The third-order valence-corrected chi connectivity index (χ3v) is 11.3. The van der Waals surface area contributed by atoms with Crippen LogP contribution in [0.1, 0.15) is 87.5 Å². The van der Waals surface area contributed by atoms with Crippen LogP contribution in [0.3, 0.4) is 0 Å². The van der Waals surface area contributed by atoms with Gasteiger partial charge in [-0.3, -0.25) is 4.79 Å². The van der Waals surface area contributed by atoms with E-state index in [-0.39, 0.29) is 42.7 Å². The van der Waals surface area contributed by atoms with Crippen LogP contribution in [-0.4, -0.2) is 72.5 Å². The second-order valence-corrected chi connectivity index (χ2v) is 16.8. The van der Waals surface area contributed by atoms with Gasteiger partial charge in [0, 0.05) is 43.4 Å². The Kier molecular flexibility index (Phi) is 12.7. The van der Waals surface area contributed by atoms with Gasteiger partial charge in [-0.2, -0.15) is 0 Å². The number of halogens is 3. The number of aryl methyl sites for hydroxylation is 2. The van der Waals surface area contributed by atoms with Crippen molar-refractivity contribution in [3.8, 4) is 11.5 Å². The van der Waals surface area contributed by atoms with Crippen molar-refractivity contribution in [1.82, 2.24) is 9.80 Å². The number of methoxy groups -OCH3 is 1. The second-order valence-electron chi connectivity index (χ2n) is 15.6. The van der Waals surface area contributed by atoms with E-state index in [0.29, 0.717) is 52.7 Å². The van der Waals surface area contributed by atoms with E-state index < -0.39 is 11.5 Å². The SMILES string of the molecule is COCCCc1ccc(Cl)c(CN(C(=O)C2C(c3ccc(OCCOc4c(Cl)cc(C)cc4Cl)cc3)C[C@@H]3CCC2N3C(=O)OC(C)(C)C)C2CC2)c1. The number of hydrogen-bond acceptors (Lipinski definition) is 6. The molecule has 3 aliphatic rings. The third kappa shape index (κ3) is 9.74. The minimum Gasteiger partial charge on any atom is -0.490 e.